The normalized spacial score (nSPS) is 8.84. The van der Waals surface area contributed by atoms with Gasteiger partial charge in [-0.3, -0.25) is 0 Å². The van der Waals surface area contributed by atoms with Crippen molar-refractivity contribution in [2.24, 2.45) is 0 Å². The van der Waals surface area contributed by atoms with E-state index in [9.17, 15) is 9.59 Å². The minimum Gasteiger partial charge on any atom is -0.449 e. The Kier molecular flexibility index (Phi) is 5.62. The molecule has 0 saturated carbocycles. The maximum absolute atomic E-state index is 9.21. The molecule has 0 unspecified atom stereocenters. The molecule has 0 aliphatic carbocycles. The number of rotatable bonds is 1. The first-order valence-corrected chi connectivity index (χ1v) is 5.34. The molecule has 0 aliphatic rings. The molecular formula is C14H12O5. The van der Waals surface area contributed by atoms with Gasteiger partial charge in [-0.1, -0.05) is 60.7 Å². The molecule has 2 N–H and O–H groups in total. The minimum absolute atomic E-state index is 1.28. The average molecular weight is 260 g/mol. The van der Waals surface area contributed by atoms with Gasteiger partial charge in [-0.25, -0.2) is 9.59 Å². The van der Waals surface area contributed by atoms with Crippen molar-refractivity contribution in [1.82, 2.24) is 0 Å². The van der Waals surface area contributed by atoms with Crippen LogP contribution in [0.2, 0.25) is 0 Å². The Hall–Kier alpha value is -2.82. The first-order valence-electron chi connectivity index (χ1n) is 5.34. The second kappa shape index (κ2) is 7.50. The topological polar surface area (TPSA) is 83.8 Å². The van der Waals surface area contributed by atoms with E-state index >= 15 is 0 Å². The van der Waals surface area contributed by atoms with Crippen LogP contribution in [0, 0.1) is 0 Å². The summed E-state index contributed by atoms with van der Waals surface area (Å²) < 4.78 is 3.08. The Labute approximate surface area is 109 Å². The highest BCUT2D eigenvalue weighted by Gasteiger charge is 2.01. The standard InChI is InChI=1S/C12H10.C2H2O5/c1-3-7-11(8-4-1)12-9-5-2-6-10-12;3-1(4)7-2(5)6/h1-10H;(H,3,4)(H,5,6). The SMILES string of the molecule is O=C(O)OC(=O)O.c1ccc(-c2ccccc2)cc1. The van der Waals surface area contributed by atoms with Crippen molar-refractivity contribution in [2.75, 3.05) is 0 Å². The summed E-state index contributed by atoms with van der Waals surface area (Å²) in [5.41, 5.74) is 2.55. The molecule has 0 heterocycles. The summed E-state index contributed by atoms with van der Waals surface area (Å²) in [4.78, 5) is 18.4. The van der Waals surface area contributed by atoms with E-state index in [1.165, 1.54) is 11.1 Å². The van der Waals surface area contributed by atoms with Crippen molar-refractivity contribution in [3.8, 4) is 11.1 Å². The summed E-state index contributed by atoms with van der Waals surface area (Å²) in [7, 11) is 0. The molecule has 0 aromatic heterocycles. The number of hydrogen-bond donors (Lipinski definition) is 2. The van der Waals surface area contributed by atoms with Crippen LogP contribution in [0.5, 0.6) is 0 Å². The lowest BCUT2D eigenvalue weighted by atomic mass is 10.1. The predicted octanol–water partition coefficient (Wildman–Crippen LogP) is 3.71. The number of carboxylic acid groups (broad SMARTS) is 2. The maximum Gasteiger partial charge on any atom is 0.516 e. The van der Waals surface area contributed by atoms with Gasteiger partial charge in [0.2, 0.25) is 0 Å². The van der Waals surface area contributed by atoms with Crippen molar-refractivity contribution in [1.29, 1.82) is 0 Å². The van der Waals surface area contributed by atoms with E-state index in [1.54, 1.807) is 0 Å². The molecule has 5 nitrogen and oxygen atoms in total. The summed E-state index contributed by atoms with van der Waals surface area (Å²) in [6.45, 7) is 0. The average Bonchev–Trinajstić information content (AvgIpc) is 2.40. The molecule has 2 aromatic rings. The quantitative estimate of drug-likeness (QED) is 0.603. The predicted molar refractivity (Wildman–Crippen MR) is 69.0 cm³/mol. The van der Waals surface area contributed by atoms with Crippen LogP contribution in [0.3, 0.4) is 0 Å². The van der Waals surface area contributed by atoms with E-state index in [0.29, 0.717) is 0 Å². The molecule has 2 aromatic carbocycles. The van der Waals surface area contributed by atoms with E-state index in [1.807, 2.05) is 12.1 Å². The van der Waals surface area contributed by atoms with Crippen LogP contribution in [0.25, 0.3) is 11.1 Å². The van der Waals surface area contributed by atoms with Crippen LogP contribution in [0.4, 0.5) is 9.59 Å². The molecule has 0 amide bonds. The number of ether oxygens (including phenoxy) is 1. The minimum atomic E-state index is -1.81. The molecule has 19 heavy (non-hydrogen) atoms. The van der Waals surface area contributed by atoms with Crippen molar-refractivity contribution >= 4 is 12.3 Å². The zero-order valence-electron chi connectivity index (χ0n) is 9.89. The lowest BCUT2D eigenvalue weighted by Gasteiger charge is -1.98. The van der Waals surface area contributed by atoms with Gasteiger partial charge in [0.05, 0.1) is 0 Å². The van der Waals surface area contributed by atoms with Gasteiger partial charge in [0, 0.05) is 0 Å². The lowest BCUT2D eigenvalue weighted by molar-refractivity contribution is 0.0802. The van der Waals surface area contributed by atoms with Gasteiger partial charge in [0.1, 0.15) is 0 Å². The molecule has 0 fully saturated rings. The Bertz CT molecular complexity index is 473. The molecule has 5 heteroatoms. The molecule has 0 bridgehead atoms. The van der Waals surface area contributed by atoms with Crippen molar-refractivity contribution in [3.05, 3.63) is 60.7 Å². The van der Waals surface area contributed by atoms with Crippen molar-refractivity contribution < 1.29 is 24.5 Å². The van der Waals surface area contributed by atoms with E-state index in [4.69, 9.17) is 10.2 Å². The van der Waals surface area contributed by atoms with Crippen molar-refractivity contribution in [3.63, 3.8) is 0 Å². The highest BCUT2D eigenvalue weighted by molar-refractivity contribution is 5.74. The first kappa shape index (κ1) is 14.2. The van der Waals surface area contributed by atoms with Gasteiger partial charge < -0.3 is 14.9 Å². The second-order valence-electron chi connectivity index (χ2n) is 3.37. The third-order valence-corrected chi connectivity index (χ3v) is 2.06. The third-order valence-electron chi connectivity index (χ3n) is 2.06. The maximum atomic E-state index is 9.21. The molecule has 0 spiro atoms. The number of benzene rings is 2. The third kappa shape index (κ3) is 5.88. The molecule has 0 saturated heterocycles. The Morgan fingerprint density at radius 2 is 1.00 bits per heavy atom. The fraction of sp³-hybridized carbons (Fsp3) is 0. The summed E-state index contributed by atoms with van der Waals surface area (Å²) in [6, 6.07) is 20.8. The molecule has 0 radical (unpaired) electrons. The lowest BCUT2D eigenvalue weighted by Crippen LogP contribution is -2.05. The Morgan fingerprint density at radius 1 is 0.684 bits per heavy atom. The van der Waals surface area contributed by atoms with Gasteiger partial charge in [-0.2, -0.15) is 0 Å². The summed E-state index contributed by atoms with van der Waals surface area (Å²) in [6.07, 6.45) is -3.62. The fourth-order valence-electron chi connectivity index (χ4n) is 1.34. The van der Waals surface area contributed by atoms with Gasteiger partial charge in [0.15, 0.2) is 0 Å². The van der Waals surface area contributed by atoms with Crippen LogP contribution in [0.1, 0.15) is 0 Å². The Balaban J connectivity index is 0.000000224. The number of carbonyl (C=O) groups is 2. The summed E-state index contributed by atoms with van der Waals surface area (Å²) in [5.74, 6) is 0. The molecule has 2 rings (SSSR count). The zero-order chi connectivity index (χ0) is 14.1. The smallest absolute Gasteiger partial charge is 0.449 e. The Morgan fingerprint density at radius 3 is 1.21 bits per heavy atom. The molecule has 98 valence electrons. The summed E-state index contributed by atoms with van der Waals surface area (Å²) in [5, 5.41) is 15.0. The second-order valence-corrected chi connectivity index (χ2v) is 3.37. The fourth-order valence-corrected chi connectivity index (χ4v) is 1.34. The highest BCUT2D eigenvalue weighted by atomic mass is 16.7. The highest BCUT2D eigenvalue weighted by Crippen LogP contribution is 2.17. The van der Waals surface area contributed by atoms with Crippen LogP contribution < -0.4 is 0 Å². The molecule has 0 atom stereocenters. The van der Waals surface area contributed by atoms with Gasteiger partial charge >= 0.3 is 12.3 Å². The van der Waals surface area contributed by atoms with Crippen LogP contribution in [-0.2, 0) is 4.74 Å². The van der Waals surface area contributed by atoms with Gasteiger partial charge in [-0.05, 0) is 11.1 Å². The van der Waals surface area contributed by atoms with E-state index in [0.717, 1.165) is 0 Å². The van der Waals surface area contributed by atoms with Gasteiger partial charge in [0.25, 0.3) is 0 Å². The number of hydrogen-bond acceptors (Lipinski definition) is 3. The summed E-state index contributed by atoms with van der Waals surface area (Å²) >= 11 is 0. The zero-order valence-corrected chi connectivity index (χ0v) is 9.89. The molecular weight excluding hydrogens is 248 g/mol. The van der Waals surface area contributed by atoms with Crippen LogP contribution >= 0.6 is 0 Å². The van der Waals surface area contributed by atoms with Crippen LogP contribution in [-0.4, -0.2) is 22.5 Å². The van der Waals surface area contributed by atoms with E-state index in [2.05, 4.69) is 53.3 Å². The molecule has 0 aliphatic heterocycles. The first-order chi connectivity index (χ1) is 9.09. The van der Waals surface area contributed by atoms with Gasteiger partial charge in [-0.15, -0.1) is 0 Å². The monoisotopic (exact) mass is 260 g/mol. The van der Waals surface area contributed by atoms with E-state index in [-0.39, 0.29) is 0 Å². The van der Waals surface area contributed by atoms with Crippen molar-refractivity contribution in [2.45, 2.75) is 0 Å². The largest absolute Gasteiger partial charge is 0.516 e. The van der Waals surface area contributed by atoms with Crippen LogP contribution in [0.15, 0.2) is 60.7 Å². The van der Waals surface area contributed by atoms with E-state index < -0.39 is 12.3 Å².